The molecule has 1 atom stereocenters. The Kier molecular flexibility index (Phi) is 6.83. The lowest BCUT2D eigenvalue weighted by molar-refractivity contribution is -0.135. The molecule has 186 valence electrons. The normalized spacial score (nSPS) is 21.7. The number of aryl methyl sites for hydroxylation is 1. The predicted molar refractivity (Wildman–Crippen MR) is 137 cm³/mol. The van der Waals surface area contributed by atoms with E-state index in [0.29, 0.717) is 38.7 Å². The lowest BCUT2D eigenvalue weighted by Crippen LogP contribution is -2.51. The van der Waals surface area contributed by atoms with Crippen molar-refractivity contribution in [2.24, 2.45) is 11.3 Å². The molecule has 5 rings (SSSR count). The number of amides is 2. The van der Waals surface area contributed by atoms with Crippen LogP contribution >= 0.6 is 0 Å². The van der Waals surface area contributed by atoms with E-state index >= 15 is 0 Å². The molecule has 6 heteroatoms. The van der Waals surface area contributed by atoms with Gasteiger partial charge < -0.3 is 14.5 Å². The summed E-state index contributed by atoms with van der Waals surface area (Å²) >= 11 is 0. The van der Waals surface area contributed by atoms with Crippen LogP contribution in [0, 0.1) is 18.3 Å². The van der Waals surface area contributed by atoms with Crippen LogP contribution in [0.5, 0.6) is 0 Å². The van der Waals surface area contributed by atoms with Gasteiger partial charge in [-0.15, -0.1) is 0 Å². The van der Waals surface area contributed by atoms with Gasteiger partial charge in [0.25, 0.3) is 0 Å². The molecule has 1 aliphatic carbocycles. The highest BCUT2D eigenvalue weighted by atomic mass is 16.6. The summed E-state index contributed by atoms with van der Waals surface area (Å²) < 4.78 is 5.09. The summed E-state index contributed by atoms with van der Waals surface area (Å²) in [5.41, 5.74) is 5.44. The van der Waals surface area contributed by atoms with Crippen molar-refractivity contribution in [1.82, 2.24) is 14.7 Å². The molecule has 1 saturated carbocycles. The van der Waals surface area contributed by atoms with E-state index in [4.69, 9.17) is 4.74 Å². The van der Waals surface area contributed by atoms with Crippen molar-refractivity contribution >= 4 is 12.0 Å². The SMILES string of the molecule is CCOC(=O)N1CCN(C(=O)C2CC23CCN(Cc2cccc(-c4ccccc4C)c2)CC3)CC1. The summed E-state index contributed by atoms with van der Waals surface area (Å²) in [6.07, 6.45) is 2.97. The Labute approximate surface area is 208 Å². The van der Waals surface area contributed by atoms with Crippen LogP contribution in [0.3, 0.4) is 0 Å². The second kappa shape index (κ2) is 10.0. The van der Waals surface area contributed by atoms with Crippen molar-refractivity contribution in [3.05, 3.63) is 59.7 Å². The molecule has 2 aromatic carbocycles. The number of piperazine rings is 1. The molecule has 1 unspecified atom stereocenters. The van der Waals surface area contributed by atoms with Crippen LogP contribution in [0.4, 0.5) is 4.79 Å². The number of likely N-dealkylation sites (tertiary alicyclic amines) is 1. The van der Waals surface area contributed by atoms with E-state index in [1.54, 1.807) is 4.90 Å². The first-order chi connectivity index (χ1) is 17.0. The van der Waals surface area contributed by atoms with Crippen molar-refractivity contribution in [3.8, 4) is 11.1 Å². The third kappa shape index (κ3) is 5.08. The Balaban J connectivity index is 1.12. The number of rotatable bonds is 5. The largest absolute Gasteiger partial charge is 0.450 e. The first-order valence-corrected chi connectivity index (χ1v) is 13.1. The van der Waals surface area contributed by atoms with E-state index in [1.165, 1.54) is 22.3 Å². The molecular formula is C29H37N3O3. The second-order valence-corrected chi connectivity index (χ2v) is 10.4. The van der Waals surface area contributed by atoms with Crippen molar-refractivity contribution in [2.45, 2.75) is 39.7 Å². The molecule has 3 fully saturated rings. The molecule has 0 N–H and O–H groups in total. The van der Waals surface area contributed by atoms with Crippen molar-refractivity contribution in [2.75, 3.05) is 45.9 Å². The van der Waals surface area contributed by atoms with Gasteiger partial charge in [-0.2, -0.15) is 0 Å². The van der Waals surface area contributed by atoms with Crippen LogP contribution in [0.25, 0.3) is 11.1 Å². The van der Waals surface area contributed by atoms with Gasteiger partial charge in [-0.25, -0.2) is 4.79 Å². The van der Waals surface area contributed by atoms with E-state index in [9.17, 15) is 9.59 Å². The average Bonchev–Trinajstić information content (AvgIpc) is 3.59. The van der Waals surface area contributed by atoms with Crippen LogP contribution < -0.4 is 0 Å². The van der Waals surface area contributed by atoms with Crippen molar-refractivity contribution in [3.63, 3.8) is 0 Å². The van der Waals surface area contributed by atoms with Crippen LogP contribution in [0.2, 0.25) is 0 Å². The smallest absolute Gasteiger partial charge is 0.409 e. The minimum atomic E-state index is -0.265. The number of carbonyl (C=O) groups is 2. The second-order valence-electron chi connectivity index (χ2n) is 10.4. The van der Waals surface area contributed by atoms with Gasteiger partial charge in [-0.3, -0.25) is 9.69 Å². The standard InChI is InChI=1S/C29H37N3O3/c1-3-35-28(34)32-17-15-31(16-18-32)27(33)26-20-29(26)11-13-30(14-12-29)21-23-8-6-9-24(19-23)25-10-5-4-7-22(25)2/h4-10,19,26H,3,11-18,20-21H2,1-2H3. The molecule has 0 aromatic heterocycles. The summed E-state index contributed by atoms with van der Waals surface area (Å²) in [4.78, 5) is 31.3. The molecule has 0 radical (unpaired) electrons. The zero-order chi connectivity index (χ0) is 24.4. The number of carbonyl (C=O) groups excluding carboxylic acids is 2. The summed E-state index contributed by atoms with van der Waals surface area (Å²) in [5.74, 6) is 0.469. The zero-order valence-electron chi connectivity index (χ0n) is 21.0. The first kappa shape index (κ1) is 23.9. The molecule has 2 saturated heterocycles. The fourth-order valence-corrected chi connectivity index (χ4v) is 5.94. The average molecular weight is 476 g/mol. The molecule has 0 bridgehead atoms. The Morgan fingerprint density at radius 1 is 0.943 bits per heavy atom. The van der Waals surface area contributed by atoms with E-state index in [-0.39, 0.29) is 17.4 Å². The predicted octanol–water partition coefficient (Wildman–Crippen LogP) is 4.56. The molecule has 3 aliphatic rings. The number of benzene rings is 2. The van der Waals surface area contributed by atoms with Crippen LogP contribution in [-0.2, 0) is 16.1 Å². The number of piperidine rings is 1. The topological polar surface area (TPSA) is 53.1 Å². The maximum Gasteiger partial charge on any atom is 0.409 e. The number of hydrogen-bond acceptors (Lipinski definition) is 4. The maximum absolute atomic E-state index is 13.2. The monoisotopic (exact) mass is 475 g/mol. The van der Waals surface area contributed by atoms with Gasteiger partial charge in [-0.1, -0.05) is 42.5 Å². The van der Waals surface area contributed by atoms with Gasteiger partial charge >= 0.3 is 6.09 Å². The highest BCUT2D eigenvalue weighted by Gasteiger charge is 2.59. The minimum Gasteiger partial charge on any atom is -0.450 e. The van der Waals surface area contributed by atoms with Crippen LogP contribution in [0.1, 0.15) is 37.3 Å². The third-order valence-electron chi connectivity index (χ3n) is 8.25. The Bertz CT molecular complexity index is 1070. The van der Waals surface area contributed by atoms with Crippen molar-refractivity contribution < 1.29 is 14.3 Å². The van der Waals surface area contributed by atoms with Gasteiger partial charge in [-0.05, 0) is 79.9 Å². The highest BCUT2D eigenvalue weighted by molar-refractivity contribution is 5.83. The van der Waals surface area contributed by atoms with E-state index in [1.807, 2.05) is 11.8 Å². The Hall–Kier alpha value is -2.86. The third-order valence-corrected chi connectivity index (χ3v) is 8.25. The van der Waals surface area contributed by atoms with E-state index in [0.717, 1.165) is 38.9 Å². The number of nitrogens with zero attached hydrogens (tertiary/aromatic N) is 3. The highest BCUT2D eigenvalue weighted by Crippen LogP contribution is 2.60. The fourth-order valence-electron chi connectivity index (χ4n) is 5.94. The number of hydrogen-bond donors (Lipinski definition) is 0. The fraction of sp³-hybridized carbons (Fsp3) is 0.517. The molecule has 6 nitrogen and oxygen atoms in total. The van der Waals surface area contributed by atoms with Gasteiger partial charge in [0, 0.05) is 38.6 Å². The lowest BCUT2D eigenvalue weighted by atomic mass is 9.90. The quantitative estimate of drug-likeness (QED) is 0.636. The molecule has 35 heavy (non-hydrogen) atoms. The minimum absolute atomic E-state index is 0.170. The molecule has 1 spiro atoms. The maximum atomic E-state index is 13.2. The van der Waals surface area contributed by atoms with E-state index in [2.05, 4.69) is 60.4 Å². The summed E-state index contributed by atoms with van der Waals surface area (Å²) in [5, 5.41) is 0. The molecule has 2 aliphatic heterocycles. The summed E-state index contributed by atoms with van der Waals surface area (Å²) in [6, 6.07) is 17.5. The summed E-state index contributed by atoms with van der Waals surface area (Å²) in [6.45, 7) is 9.81. The van der Waals surface area contributed by atoms with Crippen molar-refractivity contribution in [1.29, 1.82) is 0 Å². The van der Waals surface area contributed by atoms with Gasteiger partial charge in [0.2, 0.25) is 5.91 Å². The van der Waals surface area contributed by atoms with Crippen LogP contribution in [0.15, 0.2) is 48.5 Å². The Morgan fingerprint density at radius 2 is 1.66 bits per heavy atom. The van der Waals surface area contributed by atoms with Gasteiger partial charge in [0.15, 0.2) is 0 Å². The first-order valence-electron chi connectivity index (χ1n) is 13.1. The summed E-state index contributed by atoms with van der Waals surface area (Å²) in [7, 11) is 0. The van der Waals surface area contributed by atoms with Gasteiger partial charge in [0.05, 0.1) is 6.61 Å². The molecule has 2 heterocycles. The lowest BCUT2D eigenvalue weighted by Gasteiger charge is -2.36. The number of ether oxygens (including phenoxy) is 1. The molecule has 2 aromatic rings. The Morgan fingerprint density at radius 3 is 2.37 bits per heavy atom. The van der Waals surface area contributed by atoms with E-state index < -0.39 is 0 Å². The van der Waals surface area contributed by atoms with Gasteiger partial charge in [0.1, 0.15) is 0 Å². The molecule has 2 amide bonds. The molecular weight excluding hydrogens is 438 g/mol. The van der Waals surface area contributed by atoms with Crippen LogP contribution in [-0.4, -0.2) is 72.6 Å². The zero-order valence-corrected chi connectivity index (χ0v) is 21.0.